The molecule has 3 heteroatoms. The Bertz CT molecular complexity index is 566. The molecule has 1 atom stereocenters. The summed E-state index contributed by atoms with van der Waals surface area (Å²) in [5, 5.41) is 3.42. The van der Waals surface area contributed by atoms with Crippen molar-refractivity contribution >= 4 is 11.8 Å². The van der Waals surface area contributed by atoms with Crippen LogP contribution in [0, 0.1) is 0 Å². The Kier molecular flexibility index (Phi) is 5.71. The third-order valence-electron chi connectivity index (χ3n) is 3.32. The van der Waals surface area contributed by atoms with E-state index in [1.54, 1.807) is 11.8 Å². The average molecular weight is 301 g/mol. The third kappa shape index (κ3) is 4.02. The average Bonchev–Trinajstić information content (AvgIpc) is 2.49. The molecule has 0 aliphatic rings. The van der Waals surface area contributed by atoms with Crippen molar-refractivity contribution < 1.29 is 4.74 Å². The van der Waals surface area contributed by atoms with Gasteiger partial charge in [0.15, 0.2) is 0 Å². The van der Waals surface area contributed by atoms with Crippen molar-refractivity contribution in [2.75, 3.05) is 13.3 Å². The molecule has 112 valence electrons. The Labute approximate surface area is 131 Å². The number of hydrogen-bond acceptors (Lipinski definition) is 3. The van der Waals surface area contributed by atoms with Crippen LogP contribution in [-0.4, -0.2) is 19.4 Å². The van der Waals surface area contributed by atoms with Crippen molar-refractivity contribution in [3.05, 3.63) is 59.7 Å². The highest BCUT2D eigenvalue weighted by Crippen LogP contribution is 2.30. The van der Waals surface area contributed by atoms with E-state index in [0.29, 0.717) is 0 Å². The molecule has 0 bridgehead atoms. The van der Waals surface area contributed by atoms with Crippen molar-refractivity contribution in [1.29, 1.82) is 0 Å². The van der Waals surface area contributed by atoms with E-state index < -0.39 is 0 Å². The van der Waals surface area contributed by atoms with E-state index in [1.807, 2.05) is 33.0 Å². The minimum absolute atomic E-state index is 0.196. The first-order valence-corrected chi connectivity index (χ1v) is 8.45. The summed E-state index contributed by atoms with van der Waals surface area (Å²) >= 11 is 1.78. The fourth-order valence-corrected chi connectivity index (χ4v) is 3.05. The zero-order valence-corrected chi connectivity index (χ0v) is 13.9. The molecule has 1 N–H and O–H groups in total. The van der Waals surface area contributed by atoms with Crippen molar-refractivity contribution in [2.24, 2.45) is 0 Å². The molecule has 0 saturated heterocycles. The molecule has 2 nitrogen and oxygen atoms in total. The summed E-state index contributed by atoms with van der Waals surface area (Å²) in [7, 11) is 2.00. The zero-order chi connectivity index (χ0) is 15.2. The first-order valence-electron chi connectivity index (χ1n) is 7.22. The summed E-state index contributed by atoms with van der Waals surface area (Å²) in [5.74, 6) is 0.918. The number of rotatable bonds is 6. The third-order valence-corrected chi connectivity index (χ3v) is 4.14. The Morgan fingerprint density at radius 3 is 2.24 bits per heavy atom. The predicted octanol–water partition coefficient (Wildman–Crippen LogP) is 4.50. The fourth-order valence-electron chi connectivity index (χ4n) is 2.42. The first kappa shape index (κ1) is 15.9. The van der Waals surface area contributed by atoms with Crippen LogP contribution in [0.1, 0.15) is 31.0 Å². The molecule has 0 aromatic heterocycles. The second kappa shape index (κ2) is 7.53. The lowest BCUT2D eigenvalue weighted by Crippen LogP contribution is -2.18. The smallest absolute Gasteiger partial charge is 0.119 e. The van der Waals surface area contributed by atoms with E-state index in [0.717, 1.165) is 5.75 Å². The van der Waals surface area contributed by atoms with E-state index in [2.05, 4.69) is 48.0 Å². The lowest BCUT2D eigenvalue weighted by atomic mass is 9.99. The number of thioether (sulfide) groups is 1. The van der Waals surface area contributed by atoms with Gasteiger partial charge in [-0.15, -0.1) is 11.8 Å². The van der Waals surface area contributed by atoms with E-state index in [9.17, 15) is 0 Å². The second-order valence-corrected chi connectivity index (χ2v) is 6.05. The summed E-state index contributed by atoms with van der Waals surface area (Å²) in [6, 6.07) is 17.1. The topological polar surface area (TPSA) is 21.3 Å². The molecule has 2 aromatic carbocycles. The first-order chi connectivity index (χ1) is 10.2. The highest BCUT2D eigenvalue weighted by Gasteiger charge is 2.15. The molecular formula is C18H23NOS. The van der Waals surface area contributed by atoms with Crippen LogP contribution in [0.15, 0.2) is 53.4 Å². The Hall–Kier alpha value is -1.45. The molecule has 0 radical (unpaired) electrons. The molecule has 2 aromatic rings. The highest BCUT2D eigenvalue weighted by molar-refractivity contribution is 7.98. The standard InChI is InChI=1S/C18H23NOS/c1-13(2)20-15-11-9-14(10-12-15)18(19-3)16-7-5-6-8-17(16)21-4/h5-13,18-19H,1-4H3. The SMILES string of the molecule is CNC(c1ccc(OC(C)C)cc1)c1ccccc1SC. The second-order valence-electron chi connectivity index (χ2n) is 5.20. The highest BCUT2D eigenvalue weighted by atomic mass is 32.2. The lowest BCUT2D eigenvalue weighted by Gasteiger charge is -2.20. The van der Waals surface area contributed by atoms with E-state index >= 15 is 0 Å². The summed E-state index contributed by atoms with van der Waals surface area (Å²) in [6.45, 7) is 4.08. The van der Waals surface area contributed by atoms with Gasteiger partial charge >= 0.3 is 0 Å². The molecule has 0 heterocycles. The summed E-state index contributed by atoms with van der Waals surface area (Å²) in [4.78, 5) is 1.30. The van der Waals surface area contributed by atoms with Crippen LogP contribution in [0.5, 0.6) is 5.75 Å². The molecule has 0 aliphatic heterocycles. The monoisotopic (exact) mass is 301 g/mol. The van der Waals surface area contributed by atoms with Gasteiger partial charge in [-0.1, -0.05) is 30.3 Å². The Balaban J connectivity index is 2.29. The number of ether oxygens (including phenoxy) is 1. The maximum absolute atomic E-state index is 5.71. The van der Waals surface area contributed by atoms with Crippen LogP contribution in [0.4, 0.5) is 0 Å². The van der Waals surface area contributed by atoms with E-state index in [-0.39, 0.29) is 12.1 Å². The van der Waals surface area contributed by atoms with Crippen molar-refractivity contribution in [3.8, 4) is 5.75 Å². The van der Waals surface area contributed by atoms with Gasteiger partial charge in [-0.3, -0.25) is 0 Å². The molecule has 0 spiro atoms. The van der Waals surface area contributed by atoms with Crippen molar-refractivity contribution in [1.82, 2.24) is 5.32 Å². The maximum atomic E-state index is 5.71. The van der Waals surface area contributed by atoms with Gasteiger partial charge in [0.25, 0.3) is 0 Å². The predicted molar refractivity (Wildman–Crippen MR) is 91.3 cm³/mol. The van der Waals surface area contributed by atoms with Crippen LogP contribution in [0.25, 0.3) is 0 Å². The molecule has 0 amide bonds. The molecule has 0 fully saturated rings. The van der Waals surface area contributed by atoms with Gasteiger partial charge in [0.1, 0.15) is 5.75 Å². The number of hydrogen-bond donors (Lipinski definition) is 1. The quantitative estimate of drug-likeness (QED) is 0.794. The summed E-state index contributed by atoms with van der Waals surface area (Å²) < 4.78 is 5.71. The van der Waals surface area contributed by atoms with Crippen LogP contribution >= 0.6 is 11.8 Å². The van der Waals surface area contributed by atoms with Crippen LogP contribution in [-0.2, 0) is 0 Å². The minimum atomic E-state index is 0.196. The van der Waals surface area contributed by atoms with Gasteiger partial charge < -0.3 is 10.1 Å². The van der Waals surface area contributed by atoms with Gasteiger partial charge in [0.2, 0.25) is 0 Å². The molecule has 1 unspecified atom stereocenters. The fraction of sp³-hybridized carbons (Fsp3) is 0.333. The minimum Gasteiger partial charge on any atom is -0.491 e. The van der Waals surface area contributed by atoms with Crippen molar-refractivity contribution in [2.45, 2.75) is 30.9 Å². The van der Waals surface area contributed by atoms with Crippen molar-refractivity contribution in [3.63, 3.8) is 0 Å². The Morgan fingerprint density at radius 1 is 1.00 bits per heavy atom. The zero-order valence-electron chi connectivity index (χ0n) is 13.1. The van der Waals surface area contributed by atoms with Gasteiger partial charge in [0, 0.05) is 4.90 Å². The maximum Gasteiger partial charge on any atom is 0.119 e. The van der Waals surface area contributed by atoms with Gasteiger partial charge in [0.05, 0.1) is 12.1 Å². The van der Waals surface area contributed by atoms with Crippen LogP contribution in [0.2, 0.25) is 0 Å². The molecule has 2 rings (SSSR count). The molecular weight excluding hydrogens is 278 g/mol. The Morgan fingerprint density at radius 2 is 1.67 bits per heavy atom. The van der Waals surface area contributed by atoms with Gasteiger partial charge in [-0.25, -0.2) is 0 Å². The lowest BCUT2D eigenvalue weighted by molar-refractivity contribution is 0.242. The van der Waals surface area contributed by atoms with E-state index in [1.165, 1.54) is 16.0 Å². The van der Waals surface area contributed by atoms with Gasteiger partial charge in [-0.2, -0.15) is 0 Å². The summed E-state index contributed by atoms with van der Waals surface area (Å²) in [5.41, 5.74) is 2.56. The van der Waals surface area contributed by atoms with E-state index in [4.69, 9.17) is 4.74 Å². The summed E-state index contributed by atoms with van der Waals surface area (Å²) in [6.07, 6.45) is 2.32. The van der Waals surface area contributed by atoms with Crippen LogP contribution < -0.4 is 10.1 Å². The van der Waals surface area contributed by atoms with Gasteiger partial charge in [-0.05, 0) is 56.5 Å². The molecule has 0 saturated carbocycles. The van der Waals surface area contributed by atoms with Crippen LogP contribution in [0.3, 0.4) is 0 Å². The number of nitrogens with one attached hydrogen (secondary N) is 1. The molecule has 0 aliphatic carbocycles. The molecule has 21 heavy (non-hydrogen) atoms. The largest absolute Gasteiger partial charge is 0.491 e. The normalized spacial score (nSPS) is 12.4. The number of benzene rings is 2.